The Morgan fingerprint density at radius 3 is 2.55 bits per heavy atom. The summed E-state index contributed by atoms with van der Waals surface area (Å²) in [6, 6.07) is 12.8. The van der Waals surface area contributed by atoms with Crippen LogP contribution >= 0.6 is 0 Å². The normalized spacial score (nSPS) is 34.6. The Balaban J connectivity index is 1.22. The molecule has 3 aliphatic rings. The van der Waals surface area contributed by atoms with Crippen molar-refractivity contribution in [2.75, 3.05) is 13.2 Å². The van der Waals surface area contributed by atoms with Gasteiger partial charge in [0.2, 0.25) is 5.91 Å². The highest BCUT2D eigenvalue weighted by Crippen LogP contribution is 2.62. The molecule has 7 atom stereocenters. The van der Waals surface area contributed by atoms with E-state index in [1.807, 2.05) is 30.3 Å². The van der Waals surface area contributed by atoms with Crippen LogP contribution in [0.4, 0.5) is 8.78 Å². The average molecular weight is 530 g/mol. The summed E-state index contributed by atoms with van der Waals surface area (Å²) in [4.78, 5) is 12.9. The number of aliphatic hydroxyl groups is 1. The minimum Gasteiger partial charge on any atom is -0.488 e. The highest BCUT2D eigenvalue weighted by atomic mass is 19.1. The number of halogens is 2. The van der Waals surface area contributed by atoms with Crippen molar-refractivity contribution in [1.82, 2.24) is 5.32 Å². The van der Waals surface area contributed by atoms with E-state index in [9.17, 15) is 18.7 Å². The van der Waals surface area contributed by atoms with E-state index in [0.29, 0.717) is 25.2 Å². The van der Waals surface area contributed by atoms with Gasteiger partial charge in [0, 0.05) is 24.4 Å². The van der Waals surface area contributed by atoms with Crippen LogP contribution in [0, 0.1) is 34.3 Å². The number of hydrogen-bond acceptors (Lipinski definition) is 5. The molecule has 1 amide bonds. The highest BCUT2D eigenvalue weighted by molar-refractivity contribution is 5.76. The van der Waals surface area contributed by atoms with Crippen molar-refractivity contribution in [2.24, 2.45) is 22.7 Å². The van der Waals surface area contributed by atoms with Crippen molar-refractivity contribution in [3.8, 4) is 5.75 Å². The monoisotopic (exact) mass is 529 g/mol. The van der Waals surface area contributed by atoms with Crippen LogP contribution in [-0.2, 0) is 20.8 Å². The Morgan fingerprint density at radius 2 is 1.82 bits per heavy atom. The predicted molar refractivity (Wildman–Crippen MR) is 137 cm³/mol. The van der Waals surface area contributed by atoms with Crippen molar-refractivity contribution in [1.29, 1.82) is 0 Å². The quantitative estimate of drug-likeness (QED) is 0.529. The number of benzene rings is 2. The van der Waals surface area contributed by atoms with Crippen LogP contribution in [0.1, 0.15) is 51.5 Å². The minimum absolute atomic E-state index is 0.00583. The zero-order valence-electron chi connectivity index (χ0n) is 22.0. The molecule has 1 heterocycles. The second-order valence-corrected chi connectivity index (χ2v) is 11.6. The fourth-order valence-electron chi connectivity index (χ4n) is 7.24. The predicted octanol–water partition coefficient (Wildman–Crippen LogP) is 4.99. The van der Waals surface area contributed by atoms with Gasteiger partial charge in [-0.3, -0.25) is 4.79 Å². The van der Waals surface area contributed by atoms with Crippen LogP contribution in [0.2, 0.25) is 0 Å². The van der Waals surface area contributed by atoms with E-state index in [1.165, 1.54) is 12.1 Å². The first-order chi connectivity index (χ1) is 18.2. The summed E-state index contributed by atoms with van der Waals surface area (Å²) in [6.07, 6.45) is 2.20. The molecule has 1 saturated heterocycles. The van der Waals surface area contributed by atoms with Gasteiger partial charge < -0.3 is 24.6 Å². The van der Waals surface area contributed by atoms with Crippen LogP contribution < -0.4 is 10.1 Å². The zero-order valence-corrected chi connectivity index (χ0v) is 22.0. The summed E-state index contributed by atoms with van der Waals surface area (Å²) in [6.45, 7) is 5.27. The number of amides is 1. The molecular weight excluding hydrogens is 492 g/mol. The van der Waals surface area contributed by atoms with E-state index in [-0.39, 0.29) is 47.6 Å². The molecule has 206 valence electrons. The van der Waals surface area contributed by atoms with Crippen LogP contribution in [0.5, 0.6) is 5.75 Å². The topological polar surface area (TPSA) is 77.0 Å². The summed E-state index contributed by atoms with van der Waals surface area (Å²) < 4.78 is 45.5. The Bertz CT molecular complexity index is 1110. The van der Waals surface area contributed by atoms with E-state index < -0.39 is 24.0 Å². The van der Waals surface area contributed by atoms with Crippen LogP contribution in [-0.4, -0.2) is 42.7 Å². The first kappa shape index (κ1) is 27.0. The van der Waals surface area contributed by atoms with Gasteiger partial charge in [0.15, 0.2) is 6.29 Å². The maximum Gasteiger partial charge on any atom is 0.220 e. The number of aliphatic hydroxyl groups excluding tert-OH is 1. The molecule has 2 aliphatic carbocycles. The molecule has 0 bridgehead atoms. The van der Waals surface area contributed by atoms with Gasteiger partial charge in [-0.1, -0.05) is 32.0 Å². The molecule has 2 N–H and O–H groups in total. The second kappa shape index (κ2) is 10.9. The molecule has 2 aromatic rings. The maximum atomic E-state index is 13.5. The molecule has 3 fully saturated rings. The molecule has 0 radical (unpaired) electrons. The summed E-state index contributed by atoms with van der Waals surface area (Å²) in [7, 11) is 0. The SMILES string of the molecule is C[C@@]12CO[C@@H](COc3ccccc3)O[C@@H]1CC[C@]1(C)[C@H]2CC[C@@H](O)[C@H]1CC(=O)NCc1cc(F)cc(F)c1. The Hall–Kier alpha value is -2.55. The standard InChI is InChI=1S/C30H37F2NO5/c1-29-11-10-26-30(2,18-37-28(38-26)17-36-22-6-4-3-5-7-22)25(29)9-8-24(34)23(29)15-27(35)33-16-19-12-20(31)14-21(32)13-19/h3-7,12-14,23-26,28,34H,8-11,15-18H2,1-2H3,(H,33,35)/t23-,24-,25-,26-,28-,29+,30+/m1/s1. The number of carbonyl (C=O) groups excluding carboxylic acids is 1. The molecule has 1 aliphatic heterocycles. The second-order valence-electron chi connectivity index (χ2n) is 11.6. The first-order valence-corrected chi connectivity index (χ1v) is 13.5. The van der Waals surface area contributed by atoms with Gasteiger partial charge in [-0.05, 0) is 72.8 Å². The fourth-order valence-corrected chi connectivity index (χ4v) is 7.24. The number of nitrogens with one attached hydrogen (secondary N) is 1. The molecule has 6 nitrogen and oxygen atoms in total. The van der Waals surface area contributed by atoms with Gasteiger partial charge in [0.05, 0.1) is 18.8 Å². The van der Waals surface area contributed by atoms with Crippen molar-refractivity contribution in [3.05, 3.63) is 65.7 Å². The smallest absolute Gasteiger partial charge is 0.220 e. The van der Waals surface area contributed by atoms with E-state index >= 15 is 0 Å². The number of rotatable bonds is 7. The van der Waals surface area contributed by atoms with Gasteiger partial charge in [0.1, 0.15) is 24.0 Å². The first-order valence-electron chi connectivity index (χ1n) is 13.5. The Morgan fingerprint density at radius 1 is 1.08 bits per heavy atom. The van der Waals surface area contributed by atoms with E-state index in [0.717, 1.165) is 31.1 Å². The van der Waals surface area contributed by atoms with Gasteiger partial charge in [-0.25, -0.2) is 8.78 Å². The largest absolute Gasteiger partial charge is 0.488 e. The lowest BCUT2D eigenvalue weighted by atomic mass is 9.46. The average Bonchev–Trinajstić information content (AvgIpc) is 2.88. The number of para-hydroxylation sites is 1. The van der Waals surface area contributed by atoms with E-state index in [4.69, 9.17) is 14.2 Å². The lowest BCUT2D eigenvalue weighted by Crippen LogP contribution is -2.63. The highest BCUT2D eigenvalue weighted by Gasteiger charge is 2.61. The van der Waals surface area contributed by atoms with Crippen molar-refractivity contribution >= 4 is 5.91 Å². The summed E-state index contributed by atoms with van der Waals surface area (Å²) in [5.74, 6) is -0.840. The molecule has 5 rings (SSSR count). The fraction of sp³-hybridized carbons (Fsp3) is 0.567. The van der Waals surface area contributed by atoms with Crippen molar-refractivity contribution < 1.29 is 32.9 Å². The third kappa shape index (κ3) is 5.44. The summed E-state index contributed by atoms with van der Waals surface area (Å²) >= 11 is 0. The van der Waals surface area contributed by atoms with Crippen LogP contribution in [0.25, 0.3) is 0 Å². The molecule has 0 unspecified atom stereocenters. The molecule has 8 heteroatoms. The zero-order chi connectivity index (χ0) is 26.9. The lowest BCUT2D eigenvalue weighted by Gasteiger charge is -2.62. The summed E-state index contributed by atoms with van der Waals surface area (Å²) in [5, 5.41) is 13.8. The molecule has 2 aromatic carbocycles. The third-order valence-corrected chi connectivity index (χ3v) is 9.18. The molecule has 0 aromatic heterocycles. The molecular formula is C30H37F2NO5. The molecule has 2 saturated carbocycles. The number of ether oxygens (including phenoxy) is 3. The van der Waals surface area contributed by atoms with Gasteiger partial charge >= 0.3 is 0 Å². The molecule has 38 heavy (non-hydrogen) atoms. The van der Waals surface area contributed by atoms with Crippen LogP contribution in [0.15, 0.2) is 48.5 Å². The molecule has 0 spiro atoms. The Kier molecular flexibility index (Phi) is 7.76. The van der Waals surface area contributed by atoms with Gasteiger partial charge in [0.25, 0.3) is 0 Å². The Labute approximate surface area is 222 Å². The van der Waals surface area contributed by atoms with Crippen molar-refractivity contribution in [2.45, 2.75) is 71.0 Å². The lowest BCUT2D eigenvalue weighted by molar-refractivity contribution is -0.313. The van der Waals surface area contributed by atoms with Gasteiger partial charge in [-0.2, -0.15) is 0 Å². The minimum atomic E-state index is -0.678. The van der Waals surface area contributed by atoms with Gasteiger partial charge in [-0.15, -0.1) is 0 Å². The number of carbonyl (C=O) groups is 1. The maximum absolute atomic E-state index is 13.5. The number of fused-ring (bicyclic) bond motifs is 3. The van der Waals surface area contributed by atoms with Crippen molar-refractivity contribution in [3.63, 3.8) is 0 Å². The third-order valence-electron chi connectivity index (χ3n) is 9.18. The van der Waals surface area contributed by atoms with E-state index in [2.05, 4.69) is 19.2 Å². The summed E-state index contributed by atoms with van der Waals surface area (Å²) in [5.41, 5.74) is -0.158. The van der Waals surface area contributed by atoms with E-state index in [1.54, 1.807) is 0 Å². The number of hydrogen-bond donors (Lipinski definition) is 2. The van der Waals surface area contributed by atoms with Crippen LogP contribution in [0.3, 0.4) is 0 Å².